The number of halogens is 4. The molecule has 0 amide bonds. The van der Waals surface area contributed by atoms with Gasteiger partial charge in [-0.25, -0.2) is 4.39 Å². The smallest absolute Gasteiger partial charge is 0.382 e. The molecule has 0 unspecified atom stereocenters. The Morgan fingerprint density at radius 1 is 1.05 bits per heavy atom. The van der Waals surface area contributed by atoms with Crippen LogP contribution in [-0.4, -0.2) is 55.0 Å². The number of anilines is 1. The van der Waals surface area contributed by atoms with Gasteiger partial charge in [0.2, 0.25) is 0 Å². The zero-order valence-corrected chi connectivity index (χ0v) is 11.5. The van der Waals surface area contributed by atoms with Crippen LogP contribution in [0.4, 0.5) is 23.2 Å². The summed E-state index contributed by atoms with van der Waals surface area (Å²) in [5.41, 5.74) is 0.856. The van der Waals surface area contributed by atoms with Crippen molar-refractivity contribution >= 4 is 5.69 Å². The van der Waals surface area contributed by atoms with E-state index < -0.39 is 18.8 Å². The summed E-state index contributed by atoms with van der Waals surface area (Å²) in [6.07, 6.45) is -6.19. The summed E-state index contributed by atoms with van der Waals surface area (Å²) < 4.78 is 50.0. The van der Waals surface area contributed by atoms with Crippen LogP contribution in [0.15, 0.2) is 24.3 Å². The lowest BCUT2D eigenvalue weighted by atomic mass is 10.2. The highest BCUT2D eigenvalue weighted by Crippen LogP contribution is 2.22. The number of alkyl halides is 3. The van der Waals surface area contributed by atoms with Crippen LogP contribution in [-0.2, 0) is 0 Å². The highest BCUT2D eigenvalue weighted by molar-refractivity contribution is 5.46. The first-order chi connectivity index (χ1) is 9.86. The summed E-state index contributed by atoms with van der Waals surface area (Å²) >= 11 is 0. The number of benzene rings is 1. The maximum atomic E-state index is 12.9. The van der Waals surface area contributed by atoms with Gasteiger partial charge >= 0.3 is 6.18 Å². The van der Waals surface area contributed by atoms with Crippen molar-refractivity contribution in [2.45, 2.75) is 18.7 Å². The molecule has 1 aromatic rings. The Kier molecular flexibility index (Phi) is 5.05. The molecule has 1 atom stereocenters. The molecule has 0 aromatic heterocycles. The van der Waals surface area contributed by atoms with Crippen LogP contribution in [0.25, 0.3) is 0 Å². The van der Waals surface area contributed by atoms with Gasteiger partial charge < -0.3 is 10.0 Å². The van der Waals surface area contributed by atoms with Crippen molar-refractivity contribution in [3.63, 3.8) is 0 Å². The second kappa shape index (κ2) is 6.62. The maximum absolute atomic E-state index is 12.9. The third-order valence-corrected chi connectivity index (χ3v) is 3.59. The van der Waals surface area contributed by atoms with Crippen LogP contribution >= 0.6 is 0 Å². The van der Waals surface area contributed by atoms with Gasteiger partial charge in [-0.05, 0) is 30.7 Å². The largest absolute Gasteiger partial charge is 0.415 e. The predicted molar refractivity (Wildman–Crippen MR) is 71.7 cm³/mol. The van der Waals surface area contributed by atoms with E-state index >= 15 is 0 Å². The average Bonchev–Trinajstić information content (AvgIpc) is 2.64. The van der Waals surface area contributed by atoms with E-state index in [-0.39, 0.29) is 5.82 Å². The summed E-state index contributed by atoms with van der Waals surface area (Å²) in [6, 6.07) is 6.06. The minimum atomic E-state index is -4.58. The lowest BCUT2D eigenvalue weighted by Crippen LogP contribution is -2.42. The normalized spacial score (nSPS) is 19.4. The predicted octanol–water partition coefficient (Wildman–Crippen LogP) is 2.26. The number of aliphatic hydroxyl groups is 1. The number of nitrogens with zero attached hydrogens (tertiary/aromatic N) is 2. The molecule has 0 radical (unpaired) electrons. The molecule has 118 valence electrons. The van der Waals surface area contributed by atoms with Crippen molar-refractivity contribution in [2.75, 3.05) is 37.6 Å². The molecule has 7 heteroatoms. The Morgan fingerprint density at radius 2 is 1.71 bits per heavy atom. The highest BCUT2D eigenvalue weighted by atomic mass is 19.4. The van der Waals surface area contributed by atoms with Crippen LogP contribution in [0.3, 0.4) is 0 Å². The van der Waals surface area contributed by atoms with Crippen molar-refractivity contribution in [3.05, 3.63) is 30.1 Å². The first-order valence-corrected chi connectivity index (χ1v) is 6.84. The van der Waals surface area contributed by atoms with Gasteiger partial charge in [0.15, 0.2) is 6.10 Å². The molecule has 1 aromatic carbocycles. The molecule has 1 fully saturated rings. The van der Waals surface area contributed by atoms with Gasteiger partial charge in [-0.3, -0.25) is 4.90 Å². The minimum absolute atomic E-state index is 0.316. The number of hydrogen-bond donors (Lipinski definition) is 1. The Balaban J connectivity index is 1.91. The van der Waals surface area contributed by atoms with Crippen molar-refractivity contribution in [3.8, 4) is 0 Å². The Hall–Kier alpha value is -1.34. The summed E-state index contributed by atoms with van der Waals surface area (Å²) in [6.45, 7) is 1.79. The number of rotatable bonds is 3. The molecule has 1 N–H and O–H groups in total. The SMILES string of the molecule is O[C@H](CN1CCCN(c2ccc(F)cc2)CC1)C(F)(F)F. The quantitative estimate of drug-likeness (QED) is 0.868. The average molecular weight is 306 g/mol. The lowest BCUT2D eigenvalue weighted by Gasteiger charge is -2.25. The summed E-state index contributed by atoms with van der Waals surface area (Å²) in [7, 11) is 0. The van der Waals surface area contributed by atoms with Gasteiger partial charge in [0.05, 0.1) is 0 Å². The second-order valence-electron chi connectivity index (χ2n) is 5.18. The summed E-state index contributed by atoms with van der Waals surface area (Å²) in [4.78, 5) is 3.63. The monoisotopic (exact) mass is 306 g/mol. The fourth-order valence-corrected chi connectivity index (χ4v) is 2.41. The van der Waals surface area contributed by atoms with Crippen molar-refractivity contribution in [1.29, 1.82) is 0 Å². The van der Waals surface area contributed by atoms with Gasteiger partial charge in [0.25, 0.3) is 0 Å². The third-order valence-electron chi connectivity index (χ3n) is 3.59. The number of aliphatic hydroxyl groups excluding tert-OH is 1. The van der Waals surface area contributed by atoms with Gasteiger partial charge in [-0.15, -0.1) is 0 Å². The van der Waals surface area contributed by atoms with E-state index in [4.69, 9.17) is 5.11 Å². The molecule has 0 saturated carbocycles. The fourth-order valence-electron chi connectivity index (χ4n) is 2.41. The first kappa shape index (κ1) is 16.0. The van der Waals surface area contributed by atoms with E-state index in [2.05, 4.69) is 0 Å². The van der Waals surface area contributed by atoms with Crippen LogP contribution < -0.4 is 4.90 Å². The van der Waals surface area contributed by atoms with E-state index in [1.807, 2.05) is 4.90 Å². The van der Waals surface area contributed by atoms with Crippen molar-refractivity contribution < 1.29 is 22.7 Å². The third kappa shape index (κ3) is 4.57. The topological polar surface area (TPSA) is 26.7 Å². The Morgan fingerprint density at radius 3 is 2.33 bits per heavy atom. The summed E-state index contributed by atoms with van der Waals surface area (Å²) in [5, 5.41) is 9.12. The van der Waals surface area contributed by atoms with Crippen LogP contribution in [0, 0.1) is 5.82 Å². The van der Waals surface area contributed by atoms with Gasteiger partial charge in [-0.2, -0.15) is 13.2 Å². The molecule has 0 spiro atoms. The summed E-state index contributed by atoms with van der Waals surface area (Å²) in [5.74, 6) is -0.316. The molecule has 1 saturated heterocycles. The Labute approximate surface area is 120 Å². The molecule has 21 heavy (non-hydrogen) atoms. The number of β-amino-alcohol motifs (C(OH)–C–C–N with tert-alkyl or cyclic N) is 1. The van der Waals surface area contributed by atoms with Crippen LogP contribution in [0.2, 0.25) is 0 Å². The molecular weight excluding hydrogens is 288 g/mol. The van der Waals surface area contributed by atoms with Crippen molar-refractivity contribution in [1.82, 2.24) is 4.90 Å². The molecule has 2 rings (SSSR count). The van der Waals surface area contributed by atoms with Gasteiger partial charge in [0.1, 0.15) is 5.82 Å². The van der Waals surface area contributed by atoms with Crippen LogP contribution in [0.1, 0.15) is 6.42 Å². The minimum Gasteiger partial charge on any atom is -0.382 e. The molecule has 0 bridgehead atoms. The highest BCUT2D eigenvalue weighted by Gasteiger charge is 2.39. The zero-order chi connectivity index (χ0) is 15.5. The fraction of sp³-hybridized carbons (Fsp3) is 0.571. The standard InChI is InChI=1S/C14H18F4N2O/c15-11-2-4-12(5-3-11)20-7-1-6-19(8-9-20)10-13(21)14(16,17)18/h2-5,13,21H,1,6-10H2/t13-/m1/s1. The molecule has 3 nitrogen and oxygen atoms in total. The second-order valence-corrected chi connectivity index (χ2v) is 5.18. The molecule has 1 aliphatic rings. The molecule has 0 aliphatic carbocycles. The van der Waals surface area contributed by atoms with Crippen molar-refractivity contribution in [2.24, 2.45) is 0 Å². The molecule has 1 aliphatic heterocycles. The van der Waals surface area contributed by atoms with Gasteiger partial charge in [0, 0.05) is 38.4 Å². The molecular formula is C14H18F4N2O. The van der Waals surface area contributed by atoms with Gasteiger partial charge in [-0.1, -0.05) is 0 Å². The van der Waals surface area contributed by atoms with E-state index in [1.165, 1.54) is 12.1 Å². The van der Waals surface area contributed by atoms with E-state index in [1.54, 1.807) is 17.0 Å². The van der Waals surface area contributed by atoms with E-state index in [0.29, 0.717) is 32.6 Å². The zero-order valence-electron chi connectivity index (χ0n) is 11.5. The maximum Gasteiger partial charge on any atom is 0.415 e. The van der Waals surface area contributed by atoms with Crippen LogP contribution in [0.5, 0.6) is 0 Å². The Bertz CT molecular complexity index is 449. The molecule has 1 heterocycles. The lowest BCUT2D eigenvalue weighted by molar-refractivity contribution is -0.208. The number of hydrogen-bond acceptors (Lipinski definition) is 3. The van der Waals surface area contributed by atoms with E-state index in [9.17, 15) is 17.6 Å². The van der Waals surface area contributed by atoms with E-state index in [0.717, 1.165) is 5.69 Å². The first-order valence-electron chi connectivity index (χ1n) is 6.84.